The van der Waals surface area contributed by atoms with Crippen molar-refractivity contribution < 1.29 is 8.42 Å². The molecule has 0 aromatic carbocycles. The molecule has 0 amide bonds. The first-order chi connectivity index (χ1) is 9.97. The summed E-state index contributed by atoms with van der Waals surface area (Å²) in [6, 6.07) is 2.36. The topological polar surface area (TPSA) is 74.0 Å². The molecule has 0 atom stereocenters. The number of hydrogen-bond donors (Lipinski definition) is 3. The summed E-state index contributed by atoms with van der Waals surface area (Å²) in [6.07, 6.45) is 9.30. The van der Waals surface area contributed by atoms with Gasteiger partial charge in [-0.3, -0.25) is 0 Å². The van der Waals surface area contributed by atoms with Crippen LogP contribution in [0.1, 0.15) is 57.6 Å². The maximum absolute atomic E-state index is 12.5. The third-order valence-electron chi connectivity index (χ3n) is 4.52. The van der Waals surface area contributed by atoms with Crippen molar-refractivity contribution in [2.24, 2.45) is 0 Å². The Bertz CT molecular complexity index is 584. The summed E-state index contributed by atoms with van der Waals surface area (Å²) in [5, 5.41) is 3.38. The Morgan fingerprint density at radius 3 is 2.67 bits per heavy atom. The second-order valence-corrected chi connectivity index (χ2v) is 8.43. The lowest BCUT2D eigenvalue weighted by Crippen LogP contribution is -2.46. The van der Waals surface area contributed by atoms with E-state index in [9.17, 15) is 8.42 Å². The molecule has 0 aliphatic heterocycles. The quantitative estimate of drug-likeness (QED) is 0.754. The Morgan fingerprint density at radius 2 is 2.00 bits per heavy atom. The molecule has 0 unspecified atom stereocenters. The first-order valence-electron chi connectivity index (χ1n) is 7.92. The van der Waals surface area contributed by atoms with Gasteiger partial charge in [-0.2, -0.15) is 0 Å². The lowest BCUT2D eigenvalue weighted by Gasteiger charge is -2.33. The van der Waals surface area contributed by atoms with Crippen LogP contribution in [0.2, 0.25) is 0 Å². The van der Waals surface area contributed by atoms with E-state index in [1.54, 1.807) is 12.3 Å². The van der Waals surface area contributed by atoms with E-state index in [0.717, 1.165) is 31.4 Å². The lowest BCUT2D eigenvalue weighted by molar-refractivity contribution is 0.294. The molecule has 2 aliphatic rings. The molecule has 5 nitrogen and oxygen atoms in total. The zero-order valence-electron chi connectivity index (χ0n) is 12.6. The van der Waals surface area contributed by atoms with Crippen molar-refractivity contribution in [3.8, 4) is 0 Å². The SMILES string of the molecule is CC1(NS(=O)(=O)c2c[nH]c(CNC3CC3)c2)CCCCC1. The van der Waals surface area contributed by atoms with Crippen molar-refractivity contribution in [3.63, 3.8) is 0 Å². The van der Waals surface area contributed by atoms with Gasteiger partial charge < -0.3 is 10.3 Å². The summed E-state index contributed by atoms with van der Waals surface area (Å²) in [5.41, 5.74) is 0.636. The van der Waals surface area contributed by atoms with Gasteiger partial charge in [-0.05, 0) is 38.7 Å². The van der Waals surface area contributed by atoms with Crippen LogP contribution < -0.4 is 10.0 Å². The van der Waals surface area contributed by atoms with E-state index in [2.05, 4.69) is 15.0 Å². The van der Waals surface area contributed by atoms with Gasteiger partial charge in [-0.15, -0.1) is 0 Å². The molecule has 0 bridgehead atoms. The van der Waals surface area contributed by atoms with E-state index in [4.69, 9.17) is 0 Å². The number of sulfonamides is 1. The summed E-state index contributed by atoms with van der Waals surface area (Å²) in [4.78, 5) is 3.41. The fraction of sp³-hybridized carbons (Fsp3) is 0.733. The molecular weight excluding hydrogens is 286 g/mol. The molecule has 118 valence electrons. The van der Waals surface area contributed by atoms with Gasteiger partial charge in [-0.1, -0.05) is 19.3 Å². The highest BCUT2D eigenvalue weighted by molar-refractivity contribution is 7.89. The summed E-state index contributed by atoms with van der Waals surface area (Å²) in [7, 11) is -3.43. The Hall–Kier alpha value is -0.850. The molecule has 21 heavy (non-hydrogen) atoms. The lowest BCUT2D eigenvalue weighted by atomic mass is 9.84. The van der Waals surface area contributed by atoms with Crippen LogP contribution in [0.25, 0.3) is 0 Å². The van der Waals surface area contributed by atoms with Crippen molar-refractivity contribution in [2.45, 2.75) is 74.9 Å². The normalized spacial score (nSPS) is 22.3. The fourth-order valence-corrected chi connectivity index (χ4v) is 4.52. The van der Waals surface area contributed by atoms with Gasteiger partial charge in [0.1, 0.15) is 0 Å². The smallest absolute Gasteiger partial charge is 0.242 e. The number of aromatic nitrogens is 1. The van der Waals surface area contributed by atoms with Crippen molar-refractivity contribution in [1.29, 1.82) is 0 Å². The molecule has 1 aromatic rings. The summed E-state index contributed by atoms with van der Waals surface area (Å²) in [6.45, 7) is 2.73. The van der Waals surface area contributed by atoms with Gasteiger partial charge in [0, 0.05) is 30.0 Å². The van der Waals surface area contributed by atoms with Gasteiger partial charge in [0.15, 0.2) is 0 Å². The van der Waals surface area contributed by atoms with Crippen molar-refractivity contribution in [3.05, 3.63) is 18.0 Å². The van der Waals surface area contributed by atoms with E-state index < -0.39 is 10.0 Å². The van der Waals surface area contributed by atoms with E-state index in [0.29, 0.717) is 17.5 Å². The maximum Gasteiger partial charge on any atom is 0.242 e. The van der Waals surface area contributed by atoms with Gasteiger partial charge in [0.05, 0.1) is 4.90 Å². The molecular formula is C15H25N3O2S. The second-order valence-electron chi connectivity index (χ2n) is 6.74. The molecule has 3 N–H and O–H groups in total. The molecule has 0 saturated heterocycles. The third-order valence-corrected chi connectivity index (χ3v) is 6.14. The molecule has 3 rings (SSSR count). The minimum Gasteiger partial charge on any atom is -0.363 e. The molecule has 0 radical (unpaired) electrons. The zero-order valence-corrected chi connectivity index (χ0v) is 13.4. The molecule has 1 aromatic heterocycles. The van der Waals surface area contributed by atoms with Crippen LogP contribution in [-0.4, -0.2) is 25.0 Å². The zero-order chi connectivity index (χ0) is 14.9. The Morgan fingerprint density at radius 1 is 1.29 bits per heavy atom. The average Bonchev–Trinajstić information content (AvgIpc) is 3.12. The first-order valence-corrected chi connectivity index (χ1v) is 9.40. The molecule has 2 saturated carbocycles. The van der Waals surface area contributed by atoms with Crippen LogP contribution in [0.15, 0.2) is 17.2 Å². The van der Waals surface area contributed by atoms with Gasteiger partial charge in [0.2, 0.25) is 10.0 Å². The highest BCUT2D eigenvalue weighted by atomic mass is 32.2. The van der Waals surface area contributed by atoms with Crippen molar-refractivity contribution in [1.82, 2.24) is 15.0 Å². The minimum absolute atomic E-state index is 0.291. The van der Waals surface area contributed by atoms with E-state index >= 15 is 0 Å². The highest BCUT2D eigenvalue weighted by Crippen LogP contribution is 2.29. The molecule has 2 fully saturated rings. The monoisotopic (exact) mass is 311 g/mol. The van der Waals surface area contributed by atoms with Crippen LogP contribution in [0, 0.1) is 0 Å². The Kier molecular flexibility index (Phi) is 4.12. The Labute approximate surface area is 127 Å². The number of rotatable bonds is 6. The molecule has 0 spiro atoms. The summed E-state index contributed by atoms with van der Waals surface area (Å²) in [5.74, 6) is 0. The molecule has 6 heteroatoms. The van der Waals surface area contributed by atoms with E-state index in [-0.39, 0.29) is 5.54 Å². The van der Waals surface area contributed by atoms with Gasteiger partial charge in [-0.25, -0.2) is 13.1 Å². The average molecular weight is 311 g/mol. The largest absolute Gasteiger partial charge is 0.363 e. The predicted octanol–water partition coefficient (Wildman–Crippen LogP) is 2.27. The summed E-state index contributed by atoms with van der Waals surface area (Å²) >= 11 is 0. The first kappa shape index (κ1) is 15.1. The number of nitrogens with one attached hydrogen (secondary N) is 3. The van der Waals surface area contributed by atoms with Crippen LogP contribution in [0.4, 0.5) is 0 Å². The third kappa shape index (κ3) is 3.87. The Balaban J connectivity index is 1.65. The fourth-order valence-electron chi connectivity index (χ4n) is 3.04. The summed E-state index contributed by atoms with van der Waals surface area (Å²) < 4.78 is 27.9. The van der Waals surface area contributed by atoms with E-state index in [1.165, 1.54) is 19.3 Å². The van der Waals surface area contributed by atoms with Crippen molar-refractivity contribution >= 4 is 10.0 Å². The number of hydrogen-bond acceptors (Lipinski definition) is 3. The number of H-pyrrole nitrogens is 1. The second kappa shape index (κ2) is 5.74. The number of aromatic amines is 1. The molecule has 2 aliphatic carbocycles. The maximum atomic E-state index is 12.5. The van der Waals surface area contributed by atoms with E-state index in [1.807, 2.05) is 6.92 Å². The van der Waals surface area contributed by atoms with Crippen LogP contribution in [0.5, 0.6) is 0 Å². The highest BCUT2D eigenvalue weighted by Gasteiger charge is 2.32. The van der Waals surface area contributed by atoms with Crippen LogP contribution in [-0.2, 0) is 16.6 Å². The molecule has 1 heterocycles. The van der Waals surface area contributed by atoms with Crippen LogP contribution >= 0.6 is 0 Å². The minimum atomic E-state index is -3.43. The predicted molar refractivity (Wildman–Crippen MR) is 82.5 cm³/mol. The van der Waals surface area contributed by atoms with Crippen LogP contribution in [0.3, 0.4) is 0 Å². The van der Waals surface area contributed by atoms with Gasteiger partial charge in [0.25, 0.3) is 0 Å². The van der Waals surface area contributed by atoms with Crippen molar-refractivity contribution in [2.75, 3.05) is 0 Å². The standard InChI is InChI=1S/C15H25N3O2S/c1-15(7-3-2-4-8-15)18-21(19,20)14-9-13(17-11-14)10-16-12-5-6-12/h9,11-12,16-18H,2-8,10H2,1H3. The van der Waals surface area contributed by atoms with Gasteiger partial charge >= 0.3 is 0 Å².